The molecule has 0 fully saturated rings. The van der Waals surface area contributed by atoms with Gasteiger partial charge in [-0.25, -0.2) is 0 Å². The van der Waals surface area contributed by atoms with Gasteiger partial charge >= 0.3 is 0 Å². The predicted molar refractivity (Wildman–Crippen MR) is 66.6 cm³/mol. The molecule has 0 saturated carbocycles. The number of carbonyl (C=O) groups excluding carboxylic acids is 1. The lowest BCUT2D eigenvalue weighted by Gasteiger charge is -2.05. The van der Waals surface area contributed by atoms with Crippen LogP contribution in [0.5, 0.6) is 23.0 Å². The van der Waals surface area contributed by atoms with Gasteiger partial charge in [0.05, 0.1) is 0 Å². The van der Waals surface area contributed by atoms with E-state index >= 15 is 0 Å². The fourth-order valence-corrected chi connectivity index (χ4v) is 1.88. The first-order valence-electron chi connectivity index (χ1n) is 5.28. The number of phenols is 2. The van der Waals surface area contributed by atoms with Crippen LogP contribution < -0.4 is 10.2 Å². The first kappa shape index (κ1) is 12.7. The maximum absolute atomic E-state index is 11.7. The molecule has 0 radical (unpaired) electrons. The van der Waals surface area contributed by atoms with Crippen LogP contribution in [-0.4, -0.2) is 21.8 Å². The third kappa shape index (κ3) is 2.03. The van der Waals surface area contributed by atoms with Gasteiger partial charge in [-0.05, 0) is 24.4 Å². The van der Waals surface area contributed by atoms with Crippen molar-refractivity contribution in [2.75, 3.05) is 0 Å². The van der Waals surface area contributed by atoms with Gasteiger partial charge < -0.3 is 20.1 Å². The first-order chi connectivity index (χ1) is 8.95. The average molecular weight is 262 g/mol. The van der Waals surface area contributed by atoms with E-state index in [1.54, 1.807) is 0 Å². The van der Waals surface area contributed by atoms with Crippen molar-refractivity contribution in [1.29, 1.82) is 0 Å². The number of rotatable bonds is 2. The summed E-state index contributed by atoms with van der Waals surface area (Å²) in [6.45, 7) is 1.58. The van der Waals surface area contributed by atoms with Crippen LogP contribution in [0.1, 0.15) is 5.56 Å². The number of aryl methyl sites for hydroxylation is 1. The van der Waals surface area contributed by atoms with E-state index in [9.17, 15) is 24.9 Å². The number of ether oxygens (including phenoxy) is 1. The lowest BCUT2D eigenvalue weighted by Crippen LogP contribution is -1.96. The van der Waals surface area contributed by atoms with E-state index in [0.717, 1.165) is 12.1 Å². The quantitative estimate of drug-likeness (QED) is 0.554. The highest BCUT2D eigenvalue weighted by Gasteiger charge is 2.14. The number of fused-ring (bicyclic) bond motifs is 1. The molecule has 0 aliphatic rings. The zero-order chi connectivity index (χ0) is 14.2. The number of aromatic hydroxyl groups is 3. The van der Waals surface area contributed by atoms with Crippen molar-refractivity contribution < 1.29 is 24.9 Å². The SMILES string of the molecule is Cc1c(O)c(O)cc2cc(OC=O)cc(=O)c(O)c12. The van der Waals surface area contributed by atoms with Crippen LogP contribution >= 0.6 is 0 Å². The Morgan fingerprint density at radius 1 is 1.11 bits per heavy atom. The van der Waals surface area contributed by atoms with Gasteiger partial charge in [0.2, 0.25) is 5.43 Å². The van der Waals surface area contributed by atoms with Crippen LogP contribution in [0.2, 0.25) is 0 Å². The predicted octanol–water partition coefficient (Wildman–Crippen LogP) is 1.16. The fourth-order valence-electron chi connectivity index (χ4n) is 1.88. The molecular weight excluding hydrogens is 252 g/mol. The minimum atomic E-state index is -0.764. The van der Waals surface area contributed by atoms with E-state index in [0.29, 0.717) is 0 Å². The van der Waals surface area contributed by atoms with Gasteiger partial charge in [-0.2, -0.15) is 0 Å². The Kier molecular flexibility index (Phi) is 3.00. The summed E-state index contributed by atoms with van der Waals surface area (Å²) in [5.41, 5.74) is -0.613. The second-order valence-corrected chi connectivity index (χ2v) is 3.95. The molecule has 0 atom stereocenters. The standard InChI is InChI=1S/C13H10O6/c1-6-11-7(3-9(15)12(6)17)2-8(19-5-14)4-10(16)13(11)18/h2-5,15,17H,1H3,(H,16,18). The van der Waals surface area contributed by atoms with Crippen molar-refractivity contribution in [2.45, 2.75) is 6.92 Å². The summed E-state index contributed by atoms with van der Waals surface area (Å²) in [7, 11) is 0. The van der Waals surface area contributed by atoms with Crippen molar-refractivity contribution in [2.24, 2.45) is 0 Å². The van der Waals surface area contributed by atoms with Gasteiger partial charge in [-0.1, -0.05) is 0 Å². The fraction of sp³-hybridized carbons (Fsp3) is 0.0769. The van der Waals surface area contributed by atoms with E-state index in [-0.39, 0.29) is 28.6 Å². The summed E-state index contributed by atoms with van der Waals surface area (Å²) in [4.78, 5) is 22.0. The number of hydrogen-bond acceptors (Lipinski definition) is 6. The Labute approximate surface area is 107 Å². The monoisotopic (exact) mass is 262 g/mol. The van der Waals surface area contributed by atoms with Crippen LogP contribution in [0.25, 0.3) is 10.8 Å². The van der Waals surface area contributed by atoms with E-state index < -0.39 is 22.7 Å². The normalized spacial score (nSPS) is 10.4. The summed E-state index contributed by atoms with van der Waals surface area (Å²) < 4.78 is 4.58. The summed E-state index contributed by atoms with van der Waals surface area (Å²) >= 11 is 0. The molecule has 0 aliphatic heterocycles. The highest BCUT2D eigenvalue weighted by Crippen LogP contribution is 2.38. The van der Waals surface area contributed by atoms with Gasteiger partial charge in [-0.15, -0.1) is 0 Å². The van der Waals surface area contributed by atoms with Gasteiger partial charge in [-0.3, -0.25) is 9.59 Å². The lowest BCUT2D eigenvalue weighted by molar-refractivity contribution is -0.120. The molecule has 98 valence electrons. The van der Waals surface area contributed by atoms with Crippen LogP contribution in [0.4, 0.5) is 0 Å². The molecule has 3 N–H and O–H groups in total. The Morgan fingerprint density at radius 2 is 1.79 bits per heavy atom. The molecule has 0 spiro atoms. The average Bonchev–Trinajstić information content (AvgIpc) is 2.46. The summed E-state index contributed by atoms with van der Waals surface area (Å²) in [6, 6.07) is 3.41. The molecule has 2 aromatic carbocycles. The van der Waals surface area contributed by atoms with Gasteiger partial charge in [0.25, 0.3) is 6.47 Å². The molecule has 0 heterocycles. The zero-order valence-electron chi connectivity index (χ0n) is 9.88. The van der Waals surface area contributed by atoms with E-state index in [1.807, 2.05) is 0 Å². The molecule has 0 saturated heterocycles. The maximum atomic E-state index is 11.7. The molecule has 2 rings (SSSR count). The summed E-state index contributed by atoms with van der Waals surface area (Å²) in [6.07, 6.45) is 0. The molecule has 2 aromatic rings. The van der Waals surface area contributed by atoms with Crippen LogP contribution in [0.3, 0.4) is 0 Å². The second-order valence-electron chi connectivity index (χ2n) is 3.95. The summed E-state index contributed by atoms with van der Waals surface area (Å²) in [5.74, 6) is -1.50. The highest BCUT2D eigenvalue weighted by molar-refractivity contribution is 5.94. The van der Waals surface area contributed by atoms with Crippen LogP contribution in [-0.2, 0) is 4.79 Å². The smallest absolute Gasteiger partial charge is 0.298 e. The maximum Gasteiger partial charge on any atom is 0.298 e. The van der Waals surface area contributed by atoms with E-state index in [4.69, 9.17) is 0 Å². The topological polar surface area (TPSA) is 104 Å². The molecule has 19 heavy (non-hydrogen) atoms. The van der Waals surface area contributed by atoms with Crippen molar-refractivity contribution >= 4 is 17.2 Å². The van der Waals surface area contributed by atoms with Crippen molar-refractivity contribution in [3.8, 4) is 23.0 Å². The first-order valence-corrected chi connectivity index (χ1v) is 5.28. The van der Waals surface area contributed by atoms with E-state index in [1.165, 1.54) is 13.0 Å². The lowest BCUT2D eigenvalue weighted by atomic mass is 10.1. The molecule has 0 bridgehead atoms. The highest BCUT2D eigenvalue weighted by atomic mass is 16.5. The van der Waals surface area contributed by atoms with E-state index in [2.05, 4.69) is 4.74 Å². The third-order valence-corrected chi connectivity index (χ3v) is 2.78. The zero-order valence-corrected chi connectivity index (χ0v) is 9.88. The Morgan fingerprint density at radius 3 is 2.42 bits per heavy atom. The Balaban J connectivity index is 3.03. The molecule has 6 heteroatoms. The van der Waals surface area contributed by atoms with Gasteiger partial charge in [0.1, 0.15) is 5.75 Å². The van der Waals surface area contributed by atoms with Crippen molar-refractivity contribution in [3.63, 3.8) is 0 Å². The molecule has 0 amide bonds. The summed E-state index contributed by atoms with van der Waals surface area (Å²) in [5, 5.41) is 29.4. The molecular formula is C13H10O6. The van der Waals surface area contributed by atoms with Crippen LogP contribution in [0, 0.1) is 6.92 Å². The molecule has 0 unspecified atom stereocenters. The Bertz CT molecular complexity index is 735. The van der Waals surface area contributed by atoms with Gasteiger partial charge in [0.15, 0.2) is 17.2 Å². The second kappa shape index (κ2) is 4.49. The van der Waals surface area contributed by atoms with Crippen molar-refractivity contribution in [1.82, 2.24) is 0 Å². The number of carbonyl (C=O) groups is 1. The number of benzene rings is 1. The third-order valence-electron chi connectivity index (χ3n) is 2.78. The number of hydrogen-bond donors (Lipinski definition) is 3. The minimum Gasteiger partial charge on any atom is -0.504 e. The van der Waals surface area contributed by atoms with Gasteiger partial charge in [0, 0.05) is 17.0 Å². The Hall–Kier alpha value is -2.76. The molecule has 0 aliphatic carbocycles. The number of phenolic OH excluding ortho intramolecular Hbond substituents is 2. The van der Waals surface area contributed by atoms with Crippen LogP contribution in [0.15, 0.2) is 23.0 Å². The molecule has 6 nitrogen and oxygen atoms in total. The van der Waals surface area contributed by atoms with Crippen molar-refractivity contribution in [3.05, 3.63) is 34.0 Å². The largest absolute Gasteiger partial charge is 0.504 e. The molecule has 0 aromatic heterocycles. The minimum absolute atomic E-state index is 0.0743.